The van der Waals surface area contributed by atoms with E-state index in [4.69, 9.17) is 4.74 Å². The number of benzene rings is 2. The number of halogens is 2. The summed E-state index contributed by atoms with van der Waals surface area (Å²) in [6.07, 6.45) is 0.461. The predicted octanol–water partition coefficient (Wildman–Crippen LogP) is 4.53. The number of imidazole rings is 1. The summed E-state index contributed by atoms with van der Waals surface area (Å²) < 4.78 is 35.4. The molecule has 2 aromatic carbocycles. The van der Waals surface area contributed by atoms with Crippen molar-refractivity contribution in [2.24, 2.45) is 0 Å². The minimum atomic E-state index is -0.917. The Hall–Kier alpha value is -3.62. The molecule has 36 heavy (non-hydrogen) atoms. The Morgan fingerprint density at radius 2 is 1.69 bits per heavy atom. The van der Waals surface area contributed by atoms with Gasteiger partial charge in [-0.05, 0) is 49.6 Å². The number of fused-ring (bicyclic) bond motifs is 1. The van der Waals surface area contributed by atoms with Crippen molar-refractivity contribution in [2.45, 2.75) is 50.4 Å². The highest BCUT2D eigenvalue weighted by Crippen LogP contribution is 2.45. The SMILES string of the molecule is Cc1nc2c(OCc3c(F)cccc3F)cccn2c1C(=O)CC1(c2ccccc2)C[C@@H](O)[C@@H](O)C1. The van der Waals surface area contributed by atoms with Crippen LogP contribution in [0.3, 0.4) is 0 Å². The number of pyridine rings is 1. The molecule has 6 nitrogen and oxygen atoms in total. The minimum Gasteiger partial charge on any atom is -0.485 e. The second kappa shape index (κ2) is 9.44. The van der Waals surface area contributed by atoms with Crippen molar-refractivity contribution in [2.75, 3.05) is 0 Å². The Labute approximate surface area is 206 Å². The lowest BCUT2D eigenvalue weighted by Gasteiger charge is -2.29. The number of hydrogen-bond acceptors (Lipinski definition) is 5. The molecule has 4 aromatic rings. The second-order valence-corrected chi connectivity index (χ2v) is 9.39. The van der Waals surface area contributed by atoms with Crippen molar-refractivity contribution in [3.8, 4) is 5.75 Å². The molecule has 0 aliphatic heterocycles. The summed E-state index contributed by atoms with van der Waals surface area (Å²) in [4.78, 5) is 18.2. The van der Waals surface area contributed by atoms with Gasteiger partial charge in [-0.15, -0.1) is 0 Å². The van der Waals surface area contributed by atoms with Crippen molar-refractivity contribution in [3.63, 3.8) is 0 Å². The van der Waals surface area contributed by atoms with Crippen LogP contribution in [-0.4, -0.2) is 37.6 Å². The molecular formula is C28H26F2N2O4. The van der Waals surface area contributed by atoms with Crippen molar-refractivity contribution in [1.29, 1.82) is 0 Å². The van der Waals surface area contributed by atoms with E-state index in [-0.39, 0.29) is 43.0 Å². The molecule has 1 fully saturated rings. The van der Waals surface area contributed by atoms with E-state index in [1.54, 1.807) is 29.7 Å². The van der Waals surface area contributed by atoms with Crippen LogP contribution in [0.25, 0.3) is 5.65 Å². The monoisotopic (exact) mass is 492 g/mol. The number of carbonyl (C=O) groups is 1. The van der Waals surface area contributed by atoms with Crippen LogP contribution in [0.4, 0.5) is 8.78 Å². The summed E-state index contributed by atoms with van der Waals surface area (Å²) in [5.74, 6) is -1.32. The molecule has 8 heteroatoms. The number of ketones is 1. The molecule has 0 bridgehead atoms. The van der Waals surface area contributed by atoms with Crippen LogP contribution in [0.5, 0.6) is 5.75 Å². The summed E-state index contributed by atoms with van der Waals surface area (Å²) in [7, 11) is 0. The van der Waals surface area contributed by atoms with Gasteiger partial charge in [-0.3, -0.25) is 9.20 Å². The normalized spacial score (nSPS) is 21.7. The van der Waals surface area contributed by atoms with E-state index in [2.05, 4.69) is 4.98 Å². The predicted molar refractivity (Wildman–Crippen MR) is 129 cm³/mol. The first kappa shape index (κ1) is 24.1. The van der Waals surface area contributed by atoms with Gasteiger partial charge in [0.15, 0.2) is 17.2 Å². The summed E-state index contributed by atoms with van der Waals surface area (Å²) >= 11 is 0. The molecule has 2 N–H and O–H groups in total. The molecule has 1 unspecified atom stereocenters. The summed E-state index contributed by atoms with van der Waals surface area (Å²) in [5, 5.41) is 20.7. The van der Waals surface area contributed by atoms with Crippen LogP contribution in [-0.2, 0) is 12.0 Å². The quantitative estimate of drug-likeness (QED) is 0.371. The number of hydrogen-bond donors (Lipinski definition) is 2. The van der Waals surface area contributed by atoms with Gasteiger partial charge < -0.3 is 14.9 Å². The molecule has 0 spiro atoms. The van der Waals surface area contributed by atoms with Gasteiger partial charge in [0.1, 0.15) is 23.9 Å². The lowest BCUT2D eigenvalue weighted by Crippen LogP contribution is -2.28. The van der Waals surface area contributed by atoms with Crippen LogP contribution in [0.2, 0.25) is 0 Å². The molecule has 1 saturated carbocycles. The Kier molecular flexibility index (Phi) is 6.32. The number of nitrogens with zero attached hydrogens (tertiary/aromatic N) is 2. The highest BCUT2D eigenvalue weighted by Gasteiger charge is 2.47. The van der Waals surface area contributed by atoms with E-state index in [1.165, 1.54) is 6.07 Å². The molecule has 2 heterocycles. The van der Waals surface area contributed by atoms with Gasteiger partial charge in [-0.2, -0.15) is 0 Å². The third kappa shape index (κ3) is 4.27. The van der Waals surface area contributed by atoms with Crippen LogP contribution in [0.15, 0.2) is 66.9 Å². The molecule has 2 aromatic heterocycles. The lowest BCUT2D eigenvalue weighted by atomic mass is 9.74. The third-order valence-electron chi connectivity index (χ3n) is 7.02. The van der Waals surface area contributed by atoms with Gasteiger partial charge >= 0.3 is 0 Å². The van der Waals surface area contributed by atoms with E-state index >= 15 is 0 Å². The average Bonchev–Trinajstić information content (AvgIpc) is 3.35. The molecule has 3 atom stereocenters. The maximum atomic E-state index is 14.0. The number of Topliss-reactive ketones (excluding diaryl/α,β-unsaturated/α-hetero) is 1. The van der Waals surface area contributed by atoms with Crippen molar-refractivity contribution in [1.82, 2.24) is 9.38 Å². The van der Waals surface area contributed by atoms with Crippen molar-refractivity contribution >= 4 is 11.4 Å². The highest BCUT2D eigenvalue weighted by molar-refractivity contribution is 5.97. The lowest BCUT2D eigenvalue weighted by molar-refractivity contribution is 0.0438. The smallest absolute Gasteiger partial charge is 0.182 e. The third-order valence-corrected chi connectivity index (χ3v) is 7.02. The first-order chi connectivity index (χ1) is 17.3. The van der Waals surface area contributed by atoms with Crippen molar-refractivity contribution < 1.29 is 28.5 Å². The van der Waals surface area contributed by atoms with Gasteiger partial charge in [-0.1, -0.05) is 36.4 Å². The first-order valence-electron chi connectivity index (χ1n) is 11.8. The number of ether oxygens (including phenoxy) is 1. The van der Waals surface area contributed by atoms with Crippen LogP contribution < -0.4 is 4.74 Å². The summed E-state index contributed by atoms with van der Waals surface area (Å²) in [5.41, 5.74) is 1.17. The van der Waals surface area contributed by atoms with Gasteiger partial charge in [-0.25, -0.2) is 13.8 Å². The largest absolute Gasteiger partial charge is 0.485 e. The zero-order valence-corrected chi connectivity index (χ0v) is 19.7. The number of aliphatic hydroxyl groups is 2. The Morgan fingerprint density at radius 1 is 1.03 bits per heavy atom. The molecule has 0 saturated heterocycles. The first-order valence-corrected chi connectivity index (χ1v) is 11.8. The molecule has 1 aliphatic rings. The fourth-order valence-corrected chi connectivity index (χ4v) is 5.25. The van der Waals surface area contributed by atoms with Crippen LogP contribution in [0.1, 0.15) is 46.6 Å². The van der Waals surface area contributed by atoms with Crippen molar-refractivity contribution in [3.05, 3.63) is 101 Å². The maximum absolute atomic E-state index is 14.0. The highest BCUT2D eigenvalue weighted by atomic mass is 19.1. The number of aromatic nitrogens is 2. The topological polar surface area (TPSA) is 84.1 Å². The standard InChI is InChI=1S/C28H26F2N2O4/c1-17-26(24(35)15-28(13-22(33)23(34)14-28)18-7-3-2-4-8-18)32-12-6-11-25(27(32)31-17)36-16-19-20(29)9-5-10-21(19)30/h2-12,22-23,33-34H,13-16H2,1H3/t22-,23+,28?. The zero-order valence-electron chi connectivity index (χ0n) is 19.7. The Bertz CT molecular complexity index is 1390. The average molecular weight is 493 g/mol. The van der Waals surface area contributed by atoms with E-state index in [0.717, 1.165) is 17.7 Å². The van der Waals surface area contributed by atoms with Gasteiger partial charge in [0.25, 0.3) is 0 Å². The summed E-state index contributed by atoms with van der Waals surface area (Å²) in [6, 6.07) is 16.4. The second-order valence-electron chi connectivity index (χ2n) is 9.39. The van der Waals surface area contributed by atoms with Crippen LogP contribution >= 0.6 is 0 Å². The maximum Gasteiger partial charge on any atom is 0.182 e. The molecule has 0 radical (unpaired) electrons. The van der Waals surface area contributed by atoms with E-state index in [0.29, 0.717) is 17.0 Å². The molecule has 1 aliphatic carbocycles. The Balaban J connectivity index is 1.47. The Morgan fingerprint density at radius 3 is 2.36 bits per heavy atom. The van der Waals surface area contributed by atoms with E-state index in [1.807, 2.05) is 30.3 Å². The fourth-order valence-electron chi connectivity index (χ4n) is 5.25. The number of aryl methyl sites for hydroxylation is 1. The minimum absolute atomic E-state index is 0.0747. The zero-order chi connectivity index (χ0) is 25.4. The fraction of sp³-hybridized carbons (Fsp3) is 0.286. The molecular weight excluding hydrogens is 466 g/mol. The van der Waals surface area contributed by atoms with Gasteiger partial charge in [0.05, 0.1) is 23.5 Å². The number of carbonyl (C=O) groups excluding carboxylic acids is 1. The molecule has 5 rings (SSSR count). The van der Waals surface area contributed by atoms with E-state index < -0.39 is 29.3 Å². The molecule has 0 amide bonds. The summed E-state index contributed by atoms with van der Waals surface area (Å²) in [6.45, 7) is 1.38. The van der Waals surface area contributed by atoms with E-state index in [9.17, 15) is 23.8 Å². The van der Waals surface area contributed by atoms with Gasteiger partial charge in [0.2, 0.25) is 0 Å². The van der Waals surface area contributed by atoms with Crippen LogP contribution in [0, 0.1) is 18.6 Å². The number of aliphatic hydroxyl groups excluding tert-OH is 2. The van der Waals surface area contributed by atoms with Gasteiger partial charge in [0, 0.05) is 18.0 Å². The number of rotatable bonds is 7. The molecule has 186 valence electrons.